The monoisotopic (exact) mass is 327 g/mol. The predicted octanol–water partition coefficient (Wildman–Crippen LogP) is 1.86. The lowest BCUT2D eigenvalue weighted by Crippen LogP contribution is -2.28. The van der Waals surface area contributed by atoms with Crippen molar-refractivity contribution in [3.63, 3.8) is 0 Å². The summed E-state index contributed by atoms with van der Waals surface area (Å²) in [4.78, 5) is 12.1. The summed E-state index contributed by atoms with van der Waals surface area (Å²) < 4.78 is 52.7. The summed E-state index contributed by atoms with van der Waals surface area (Å²) in [6, 6.07) is 3.49. The van der Waals surface area contributed by atoms with E-state index < -0.39 is 34.4 Å². The van der Waals surface area contributed by atoms with Crippen LogP contribution >= 0.6 is 0 Å². The van der Waals surface area contributed by atoms with Crippen molar-refractivity contribution in [3.8, 4) is 11.8 Å². The minimum Gasteiger partial charge on any atom is -0.323 e. The fraction of sp³-hybridized carbons (Fsp3) is 0.154. The summed E-state index contributed by atoms with van der Waals surface area (Å²) >= 11 is 0. The van der Waals surface area contributed by atoms with Crippen LogP contribution in [0.5, 0.6) is 0 Å². The largest absolute Gasteiger partial charge is 0.418 e. The highest BCUT2D eigenvalue weighted by molar-refractivity contribution is 5.61. The Hall–Kier alpha value is -2.93. The number of hydrogen-bond donors (Lipinski definition) is 2. The Morgan fingerprint density at radius 1 is 1.39 bits per heavy atom. The van der Waals surface area contributed by atoms with E-state index in [-0.39, 0.29) is 11.3 Å². The quantitative estimate of drug-likeness (QED) is 0.498. The van der Waals surface area contributed by atoms with Crippen molar-refractivity contribution in [1.82, 2.24) is 9.78 Å². The average molecular weight is 327 g/mol. The van der Waals surface area contributed by atoms with E-state index in [2.05, 4.69) is 10.5 Å². The standard InChI is InChI=1S/C13H9F4N5O/c1-6-8(13(15,16)17)5-20-22(12(6)23)11-3-10(21-19)7(4-18)2-9(11)14/h2-3,5,21H,19H2,1H3. The Labute approximate surface area is 126 Å². The molecule has 2 rings (SSSR count). The number of hydrazine groups is 1. The zero-order valence-electron chi connectivity index (χ0n) is 11.6. The fourth-order valence-corrected chi connectivity index (χ4v) is 1.93. The summed E-state index contributed by atoms with van der Waals surface area (Å²) in [6.07, 6.45) is -4.31. The van der Waals surface area contributed by atoms with E-state index in [0.29, 0.717) is 10.9 Å². The maximum Gasteiger partial charge on any atom is 0.418 e. The smallest absolute Gasteiger partial charge is 0.323 e. The second kappa shape index (κ2) is 5.69. The topological polar surface area (TPSA) is 96.7 Å². The van der Waals surface area contributed by atoms with Crippen LogP contribution in [-0.2, 0) is 6.18 Å². The van der Waals surface area contributed by atoms with Crippen LogP contribution in [0.15, 0.2) is 23.1 Å². The molecule has 0 saturated heterocycles. The van der Waals surface area contributed by atoms with Gasteiger partial charge in [0.25, 0.3) is 5.56 Å². The summed E-state index contributed by atoms with van der Waals surface area (Å²) in [5.41, 5.74) is -1.39. The zero-order valence-corrected chi connectivity index (χ0v) is 11.6. The van der Waals surface area contributed by atoms with E-state index >= 15 is 0 Å². The van der Waals surface area contributed by atoms with E-state index in [9.17, 15) is 22.4 Å². The molecule has 0 bridgehead atoms. The highest BCUT2D eigenvalue weighted by Gasteiger charge is 2.34. The number of anilines is 1. The van der Waals surface area contributed by atoms with Crippen molar-refractivity contribution in [2.24, 2.45) is 5.84 Å². The van der Waals surface area contributed by atoms with Crippen LogP contribution in [0.2, 0.25) is 0 Å². The van der Waals surface area contributed by atoms with Gasteiger partial charge in [0.15, 0.2) is 0 Å². The molecule has 0 aliphatic carbocycles. The molecular weight excluding hydrogens is 318 g/mol. The third-order valence-corrected chi connectivity index (χ3v) is 3.12. The van der Waals surface area contributed by atoms with Crippen LogP contribution in [0.25, 0.3) is 5.69 Å². The number of nitrogens with one attached hydrogen (secondary N) is 1. The Kier molecular flexibility index (Phi) is 4.07. The molecule has 10 heteroatoms. The highest BCUT2D eigenvalue weighted by Crippen LogP contribution is 2.30. The number of rotatable bonds is 2. The third-order valence-electron chi connectivity index (χ3n) is 3.12. The molecule has 3 N–H and O–H groups in total. The molecule has 23 heavy (non-hydrogen) atoms. The van der Waals surface area contributed by atoms with Crippen molar-refractivity contribution in [2.45, 2.75) is 13.1 Å². The molecule has 0 radical (unpaired) electrons. The minimum absolute atomic E-state index is 0.00449. The lowest BCUT2D eigenvalue weighted by atomic mass is 10.1. The molecule has 6 nitrogen and oxygen atoms in total. The zero-order chi connectivity index (χ0) is 17.4. The maximum absolute atomic E-state index is 14.0. The van der Waals surface area contributed by atoms with Gasteiger partial charge < -0.3 is 5.43 Å². The van der Waals surface area contributed by atoms with Crippen LogP contribution < -0.4 is 16.8 Å². The van der Waals surface area contributed by atoms with E-state index in [1.165, 1.54) is 0 Å². The molecule has 0 aliphatic rings. The Morgan fingerprint density at radius 3 is 2.57 bits per heavy atom. The van der Waals surface area contributed by atoms with Crippen LogP contribution in [0.1, 0.15) is 16.7 Å². The lowest BCUT2D eigenvalue weighted by Gasteiger charge is -2.13. The molecule has 1 aromatic heterocycles. The summed E-state index contributed by atoms with van der Waals surface area (Å²) in [5.74, 6) is 4.19. The maximum atomic E-state index is 14.0. The van der Waals surface area contributed by atoms with Crippen molar-refractivity contribution >= 4 is 5.69 Å². The van der Waals surface area contributed by atoms with E-state index in [1.807, 2.05) is 0 Å². The molecule has 1 heterocycles. The first-order valence-electron chi connectivity index (χ1n) is 6.07. The molecule has 2 aromatic rings. The van der Waals surface area contributed by atoms with E-state index in [4.69, 9.17) is 11.1 Å². The number of hydrogen-bond acceptors (Lipinski definition) is 5. The summed E-state index contributed by atoms with van der Waals surface area (Å²) in [5, 5.41) is 12.2. The fourth-order valence-electron chi connectivity index (χ4n) is 1.93. The molecule has 0 amide bonds. The summed E-state index contributed by atoms with van der Waals surface area (Å²) in [7, 11) is 0. The number of nitrogen functional groups attached to an aromatic ring is 1. The first-order chi connectivity index (χ1) is 10.7. The molecule has 0 unspecified atom stereocenters. The lowest BCUT2D eigenvalue weighted by molar-refractivity contribution is -0.138. The first kappa shape index (κ1) is 16.4. The number of nitrogens with zero attached hydrogens (tertiary/aromatic N) is 3. The van der Waals surface area contributed by atoms with Crippen LogP contribution in [0.3, 0.4) is 0 Å². The van der Waals surface area contributed by atoms with Gasteiger partial charge in [-0.15, -0.1) is 0 Å². The van der Waals surface area contributed by atoms with Gasteiger partial charge in [0.05, 0.1) is 23.0 Å². The number of halogens is 4. The SMILES string of the molecule is Cc1c(C(F)(F)F)cnn(-c2cc(NN)c(C#N)cc2F)c1=O. The third kappa shape index (κ3) is 2.86. The van der Waals surface area contributed by atoms with Gasteiger partial charge in [-0.1, -0.05) is 0 Å². The number of alkyl halides is 3. The Bertz CT molecular complexity index is 866. The average Bonchev–Trinajstić information content (AvgIpc) is 2.48. The minimum atomic E-state index is -4.75. The van der Waals surface area contributed by atoms with Gasteiger partial charge in [-0.05, 0) is 19.1 Å². The highest BCUT2D eigenvalue weighted by atomic mass is 19.4. The van der Waals surface area contributed by atoms with Crippen molar-refractivity contribution in [3.05, 3.63) is 51.2 Å². The van der Waals surface area contributed by atoms with Gasteiger partial charge in [-0.25, -0.2) is 4.39 Å². The van der Waals surface area contributed by atoms with Gasteiger partial charge in [-0.2, -0.15) is 28.2 Å². The Morgan fingerprint density at radius 2 is 2.04 bits per heavy atom. The molecular formula is C13H9F4N5O. The normalized spacial score (nSPS) is 11.2. The van der Waals surface area contributed by atoms with Crippen molar-refractivity contribution in [2.75, 3.05) is 5.43 Å². The van der Waals surface area contributed by atoms with Crippen molar-refractivity contribution < 1.29 is 17.6 Å². The molecule has 0 atom stereocenters. The number of benzene rings is 1. The molecule has 0 fully saturated rings. The summed E-state index contributed by atoms with van der Waals surface area (Å²) in [6.45, 7) is 0.965. The van der Waals surface area contributed by atoms with Crippen LogP contribution in [-0.4, -0.2) is 9.78 Å². The number of nitrogens with two attached hydrogens (primary N) is 1. The second-order valence-electron chi connectivity index (χ2n) is 4.50. The molecule has 0 spiro atoms. The van der Waals surface area contributed by atoms with Crippen LogP contribution in [0.4, 0.5) is 23.2 Å². The van der Waals surface area contributed by atoms with Gasteiger partial charge >= 0.3 is 6.18 Å². The predicted molar refractivity (Wildman–Crippen MR) is 72.1 cm³/mol. The number of nitriles is 1. The van der Waals surface area contributed by atoms with Crippen molar-refractivity contribution in [1.29, 1.82) is 5.26 Å². The van der Waals surface area contributed by atoms with Gasteiger partial charge in [-0.3, -0.25) is 10.6 Å². The van der Waals surface area contributed by atoms with Gasteiger partial charge in [0.1, 0.15) is 17.6 Å². The number of aromatic nitrogens is 2. The first-order valence-corrected chi connectivity index (χ1v) is 6.07. The molecule has 120 valence electrons. The van der Waals surface area contributed by atoms with E-state index in [1.54, 1.807) is 6.07 Å². The van der Waals surface area contributed by atoms with Gasteiger partial charge in [0.2, 0.25) is 0 Å². The Balaban J connectivity index is 2.72. The molecule has 0 saturated carbocycles. The molecule has 1 aromatic carbocycles. The van der Waals surface area contributed by atoms with Crippen LogP contribution in [0, 0.1) is 24.1 Å². The van der Waals surface area contributed by atoms with E-state index in [0.717, 1.165) is 19.1 Å². The van der Waals surface area contributed by atoms with Gasteiger partial charge in [0, 0.05) is 5.56 Å². The second-order valence-corrected chi connectivity index (χ2v) is 4.50. The molecule has 0 aliphatic heterocycles.